The van der Waals surface area contributed by atoms with Crippen molar-refractivity contribution in [2.24, 2.45) is 0 Å². The first-order chi connectivity index (χ1) is 26.2. The summed E-state index contributed by atoms with van der Waals surface area (Å²) in [5.74, 6) is -1.88. The molecule has 6 aromatic rings. The van der Waals surface area contributed by atoms with Crippen molar-refractivity contribution in [1.82, 2.24) is 0 Å². The Morgan fingerprint density at radius 1 is 0.519 bits per heavy atom. The standard InChI is InChI=1S/C44H35F2NO7/c45-39-15-7-5-13-35(39)33-11-3-1-9-31(33)19-23-41(48)37-21-17-29(25-43(37)50)27-53-47(52)54-28-30-18-22-38(44(51)26-30)42(49)24-20-32-10-2-4-12-34(32)36-14-6-8-16-40(36)46/h1-18,21-22,25-26H,19-20,23-24,27-28H2,(H-,48,49,50,51)/p+1. The van der Waals surface area contributed by atoms with Crippen molar-refractivity contribution in [3.8, 4) is 33.8 Å². The molecular weight excluding hydrogens is 692 g/mol. The second kappa shape index (κ2) is 17.2. The lowest BCUT2D eigenvalue weighted by Crippen LogP contribution is -2.11. The molecule has 0 aliphatic heterocycles. The Morgan fingerprint density at radius 2 is 0.889 bits per heavy atom. The van der Waals surface area contributed by atoms with Gasteiger partial charge < -0.3 is 10.2 Å². The molecule has 0 bridgehead atoms. The lowest BCUT2D eigenvalue weighted by molar-refractivity contribution is -0.987. The van der Waals surface area contributed by atoms with Crippen molar-refractivity contribution in [2.45, 2.75) is 38.9 Å². The quantitative estimate of drug-likeness (QED) is 0.0754. The molecule has 0 spiro atoms. The summed E-state index contributed by atoms with van der Waals surface area (Å²) >= 11 is 0. The van der Waals surface area contributed by atoms with Gasteiger partial charge in [0.1, 0.15) is 28.0 Å². The van der Waals surface area contributed by atoms with Gasteiger partial charge in [-0.15, -0.1) is 0 Å². The number of aryl methyl sites for hydroxylation is 2. The van der Waals surface area contributed by atoms with Crippen LogP contribution in [0.3, 0.4) is 0 Å². The van der Waals surface area contributed by atoms with E-state index >= 15 is 0 Å². The van der Waals surface area contributed by atoms with Gasteiger partial charge in [-0.1, -0.05) is 97.1 Å². The highest BCUT2D eigenvalue weighted by atomic mass is 19.1. The average molecular weight is 729 g/mol. The molecule has 0 radical (unpaired) electrons. The van der Waals surface area contributed by atoms with Crippen LogP contribution in [-0.2, 0) is 35.7 Å². The van der Waals surface area contributed by atoms with Gasteiger partial charge in [-0.05, 0) is 71.5 Å². The van der Waals surface area contributed by atoms with Crippen LogP contribution in [0.25, 0.3) is 22.3 Å². The van der Waals surface area contributed by atoms with Crippen LogP contribution in [-0.4, -0.2) is 26.9 Å². The minimum absolute atomic E-state index is 0.0767. The van der Waals surface area contributed by atoms with E-state index in [1.54, 1.807) is 60.7 Å². The number of rotatable bonds is 16. The predicted molar refractivity (Wildman–Crippen MR) is 198 cm³/mol. The van der Waals surface area contributed by atoms with E-state index in [-0.39, 0.29) is 77.0 Å². The van der Waals surface area contributed by atoms with Gasteiger partial charge in [-0.3, -0.25) is 9.59 Å². The van der Waals surface area contributed by atoms with Gasteiger partial charge in [0, 0.05) is 35.1 Å². The van der Waals surface area contributed by atoms with Crippen LogP contribution >= 0.6 is 0 Å². The van der Waals surface area contributed by atoms with Gasteiger partial charge in [0.15, 0.2) is 24.8 Å². The fourth-order valence-electron chi connectivity index (χ4n) is 6.22. The van der Waals surface area contributed by atoms with Gasteiger partial charge in [0.25, 0.3) is 0 Å². The summed E-state index contributed by atoms with van der Waals surface area (Å²) in [7, 11) is 0. The minimum atomic E-state index is -0.356. The number of carbonyl (C=O) groups excluding carboxylic acids is 2. The maximum absolute atomic E-state index is 14.4. The van der Waals surface area contributed by atoms with E-state index in [9.17, 15) is 33.5 Å². The smallest absolute Gasteiger partial charge is 0.478 e. The van der Waals surface area contributed by atoms with Crippen molar-refractivity contribution < 1.29 is 43.3 Å². The molecular formula is C44H36F2NO7+. The van der Waals surface area contributed by atoms with Crippen molar-refractivity contribution in [3.05, 3.63) is 183 Å². The Balaban J connectivity index is 0.974. The first-order valence-corrected chi connectivity index (χ1v) is 17.3. The predicted octanol–water partition coefficient (Wildman–Crippen LogP) is 9.68. The fourth-order valence-corrected chi connectivity index (χ4v) is 6.22. The first kappa shape index (κ1) is 37.1. The molecule has 6 aromatic carbocycles. The monoisotopic (exact) mass is 728 g/mol. The maximum Gasteiger partial charge on any atom is 0.478 e. The van der Waals surface area contributed by atoms with Crippen molar-refractivity contribution in [1.29, 1.82) is 0 Å². The van der Waals surface area contributed by atoms with Crippen LogP contribution in [0.4, 0.5) is 8.78 Å². The van der Waals surface area contributed by atoms with E-state index < -0.39 is 0 Å². The first-order valence-electron chi connectivity index (χ1n) is 17.3. The molecule has 0 atom stereocenters. The number of hydrogen-bond acceptors (Lipinski definition) is 7. The Labute approximate surface area is 310 Å². The lowest BCUT2D eigenvalue weighted by Gasteiger charge is -2.11. The summed E-state index contributed by atoms with van der Waals surface area (Å²) in [6.07, 6.45) is 0.821. The molecule has 0 heterocycles. The molecule has 0 aliphatic rings. The van der Waals surface area contributed by atoms with Crippen molar-refractivity contribution >= 4 is 11.6 Å². The summed E-state index contributed by atoms with van der Waals surface area (Å²) < 4.78 is 28.9. The fraction of sp³-hybridized carbons (Fsp3) is 0.136. The van der Waals surface area contributed by atoms with Crippen LogP contribution in [0.2, 0.25) is 0 Å². The summed E-state index contributed by atoms with van der Waals surface area (Å²) in [6, 6.07) is 36.0. The molecule has 0 aromatic heterocycles. The highest BCUT2D eigenvalue weighted by Crippen LogP contribution is 2.30. The van der Waals surface area contributed by atoms with Gasteiger partial charge in [-0.25, -0.2) is 8.78 Å². The van der Waals surface area contributed by atoms with Crippen LogP contribution in [0, 0.1) is 16.5 Å². The normalized spacial score (nSPS) is 10.9. The number of aromatic hydroxyl groups is 2. The van der Waals surface area contributed by atoms with Crippen LogP contribution < -0.4 is 0 Å². The average Bonchev–Trinajstić information content (AvgIpc) is 3.18. The minimum Gasteiger partial charge on any atom is -0.507 e. The zero-order chi connectivity index (χ0) is 38.0. The van der Waals surface area contributed by atoms with E-state index in [1.807, 2.05) is 36.4 Å². The summed E-state index contributed by atoms with van der Waals surface area (Å²) in [4.78, 5) is 48.4. The molecule has 6 rings (SSSR count). The van der Waals surface area contributed by atoms with Crippen LogP contribution in [0.5, 0.6) is 11.5 Å². The summed E-state index contributed by atoms with van der Waals surface area (Å²) in [6.45, 7) is -0.555. The van der Waals surface area contributed by atoms with Crippen molar-refractivity contribution in [3.63, 3.8) is 0 Å². The summed E-state index contributed by atoms with van der Waals surface area (Å²) in [5, 5.41) is 21.1. The lowest BCUT2D eigenvalue weighted by atomic mass is 9.94. The van der Waals surface area contributed by atoms with Gasteiger partial charge in [0.05, 0.1) is 11.1 Å². The Bertz CT molecular complexity index is 2160. The highest BCUT2D eigenvalue weighted by Gasteiger charge is 2.19. The molecule has 0 fully saturated rings. The highest BCUT2D eigenvalue weighted by molar-refractivity contribution is 5.99. The number of ketones is 2. The van der Waals surface area contributed by atoms with E-state index in [1.165, 1.54) is 36.4 Å². The third-order valence-electron chi connectivity index (χ3n) is 9.00. The van der Waals surface area contributed by atoms with E-state index in [4.69, 9.17) is 9.68 Å². The third kappa shape index (κ3) is 9.02. The SMILES string of the molecule is O=C(CCc1ccccc1-c1ccccc1F)c1ccc(CO[N+](=O)OCc2ccc(C(=O)CCc3ccccc3-c3ccccc3F)c(O)c2)cc1O. The molecule has 8 nitrogen and oxygen atoms in total. The number of phenols is 2. The number of halogens is 2. The zero-order valence-electron chi connectivity index (χ0n) is 29.1. The second-order valence-electron chi connectivity index (χ2n) is 12.6. The molecule has 0 aliphatic carbocycles. The Kier molecular flexibility index (Phi) is 11.8. The van der Waals surface area contributed by atoms with Gasteiger partial charge >= 0.3 is 5.09 Å². The second-order valence-corrected chi connectivity index (χ2v) is 12.6. The van der Waals surface area contributed by atoms with Crippen LogP contribution in [0.1, 0.15) is 55.8 Å². The number of benzene rings is 6. The molecule has 0 amide bonds. The Morgan fingerprint density at radius 3 is 1.28 bits per heavy atom. The Hall–Kier alpha value is -6.68. The van der Waals surface area contributed by atoms with E-state index in [2.05, 4.69) is 0 Å². The zero-order valence-corrected chi connectivity index (χ0v) is 29.1. The molecule has 0 saturated heterocycles. The van der Waals surface area contributed by atoms with Gasteiger partial charge in [-0.2, -0.15) is 9.68 Å². The number of phenolic OH excluding ortho intramolecular Hbond substituents is 2. The molecule has 10 heteroatoms. The molecule has 272 valence electrons. The maximum atomic E-state index is 14.4. The van der Waals surface area contributed by atoms with Crippen LogP contribution in [0.15, 0.2) is 133 Å². The van der Waals surface area contributed by atoms with Gasteiger partial charge in [0.2, 0.25) is 0 Å². The molecule has 0 unspecified atom stereocenters. The molecule has 2 N–H and O–H groups in total. The van der Waals surface area contributed by atoms with E-state index in [0.29, 0.717) is 46.2 Å². The topological polar surface area (TPSA) is 113 Å². The summed E-state index contributed by atoms with van der Waals surface area (Å²) in [5.41, 5.74) is 4.88. The van der Waals surface area contributed by atoms with E-state index in [0.717, 1.165) is 11.1 Å². The number of nitrogens with zero attached hydrogens (tertiary/aromatic N) is 1. The number of Topliss-reactive ketones (excluding diaryl/α,β-unsaturated/α-hetero) is 2. The third-order valence-corrected chi connectivity index (χ3v) is 9.00. The van der Waals surface area contributed by atoms with Crippen molar-refractivity contribution in [2.75, 3.05) is 0 Å². The number of carbonyl (C=O) groups is 2. The molecule has 0 saturated carbocycles. The largest absolute Gasteiger partial charge is 0.507 e. The molecule has 54 heavy (non-hydrogen) atoms. The number of hydrogen-bond donors (Lipinski definition) is 2.